The first kappa shape index (κ1) is 11.1. The molecule has 2 aliphatic heterocycles. The second kappa shape index (κ2) is 4.69. The van der Waals surface area contributed by atoms with Crippen LogP contribution in [0.4, 0.5) is 0 Å². The molecule has 1 aromatic rings. The van der Waals surface area contributed by atoms with E-state index in [1.165, 1.54) is 48.2 Å². The monoisotopic (exact) mass is 231 g/mol. The van der Waals surface area contributed by atoms with Gasteiger partial charge in [0, 0.05) is 6.04 Å². The van der Waals surface area contributed by atoms with Crippen LogP contribution in [0.1, 0.15) is 36.0 Å². The molecular formula is C15H21NO. The Hall–Kier alpha value is -1.02. The van der Waals surface area contributed by atoms with Gasteiger partial charge in [0.1, 0.15) is 5.75 Å². The minimum absolute atomic E-state index is 0.659. The zero-order chi connectivity index (χ0) is 11.7. The van der Waals surface area contributed by atoms with E-state index in [2.05, 4.69) is 24.4 Å². The van der Waals surface area contributed by atoms with Crippen LogP contribution >= 0.6 is 0 Å². The fraction of sp³-hybridized carbons (Fsp3) is 0.600. The predicted molar refractivity (Wildman–Crippen MR) is 69.7 cm³/mol. The Labute approximate surface area is 103 Å². The van der Waals surface area contributed by atoms with Gasteiger partial charge < -0.3 is 10.1 Å². The minimum Gasteiger partial charge on any atom is -0.493 e. The molecule has 0 amide bonds. The van der Waals surface area contributed by atoms with Crippen LogP contribution < -0.4 is 10.1 Å². The number of rotatable bonds is 2. The Balaban J connectivity index is 1.88. The molecule has 1 N–H and O–H groups in total. The SMILES string of the molecule is Cc1cc2c(c(CC3CCCN3)c1)OCCC2. The molecule has 0 bridgehead atoms. The van der Waals surface area contributed by atoms with Gasteiger partial charge in [0.25, 0.3) is 0 Å². The fourth-order valence-electron chi connectivity index (χ4n) is 3.08. The molecule has 1 atom stereocenters. The molecule has 1 aromatic carbocycles. The number of fused-ring (bicyclic) bond motifs is 1. The highest BCUT2D eigenvalue weighted by Crippen LogP contribution is 2.32. The number of nitrogens with one attached hydrogen (secondary N) is 1. The lowest BCUT2D eigenvalue weighted by Gasteiger charge is -2.22. The van der Waals surface area contributed by atoms with Crippen molar-refractivity contribution < 1.29 is 4.74 Å². The third kappa shape index (κ3) is 2.32. The number of hydrogen-bond donors (Lipinski definition) is 1. The fourth-order valence-corrected chi connectivity index (χ4v) is 3.08. The average molecular weight is 231 g/mol. The standard InChI is InChI=1S/C15H21NO/c1-11-8-12-4-3-7-17-15(12)13(9-11)10-14-5-2-6-16-14/h8-9,14,16H,2-7,10H2,1H3. The Bertz CT molecular complexity index is 408. The van der Waals surface area contributed by atoms with Gasteiger partial charge in [-0.05, 0) is 56.7 Å². The molecule has 2 heteroatoms. The molecule has 1 fully saturated rings. The van der Waals surface area contributed by atoms with Gasteiger partial charge in [0.2, 0.25) is 0 Å². The van der Waals surface area contributed by atoms with E-state index in [1.54, 1.807) is 0 Å². The molecule has 3 rings (SSSR count). The normalized spacial score (nSPS) is 23.2. The van der Waals surface area contributed by atoms with E-state index in [0.29, 0.717) is 6.04 Å². The van der Waals surface area contributed by atoms with Crippen LogP contribution in [0.2, 0.25) is 0 Å². The molecule has 17 heavy (non-hydrogen) atoms. The summed E-state index contributed by atoms with van der Waals surface area (Å²) in [5.41, 5.74) is 4.21. The summed E-state index contributed by atoms with van der Waals surface area (Å²) in [5, 5.41) is 3.58. The van der Waals surface area contributed by atoms with Gasteiger partial charge in [-0.1, -0.05) is 17.7 Å². The van der Waals surface area contributed by atoms with Gasteiger partial charge in [0.05, 0.1) is 6.61 Å². The molecule has 0 spiro atoms. The van der Waals surface area contributed by atoms with Gasteiger partial charge in [0.15, 0.2) is 0 Å². The highest BCUT2D eigenvalue weighted by atomic mass is 16.5. The summed E-state index contributed by atoms with van der Waals surface area (Å²) < 4.78 is 5.89. The zero-order valence-electron chi connectivity index (χ0n) is 10.6. The van der Waals surface area contributed by atoms with Crippen molar-refractivity contribution in [1.29, 1.82) is 0 Å². The second-order valence-corrected chi connectivity index (χ2v) is 5.36. The quantitative estimate of drug-likeness (QED) is 0.845. The first-order chi connectivity index (χ1) is 8.33. The maximum Gasteiger partial charge on any atom is 0.125 e. The number of benzene rings is 1. The summed E-state index contributed by atoms with van der Waals surface area (Å²) in [7, 11) is 0. The molecule has 0 aromatic heterocycles. The molecule has 0 saturated carbocycles. The van der Waals surface area contributed by atoms with E-state index in [-0.39, 0.29) is 0 Å². The van der Waals surface area contributed by atoms with Crippen molar-refractivity contribution in [3.05, 3.63) is 28.8 Å². The van der Waals surface area contributed by atoms with Crippen molar-refractivity contribution >= 4 is 0 Å². The Morgan fingerprint density at radius 3 is 3.12 bits per heavy atom. The van der Waals surface area contributed by atoms with Crippen molar-refractivity contribution in [2.24, 2.45) is 0 Å². The second-order valence-electron chi connectivity index (χ2n) is 5.36. The molecule has 92 valence electrons. The molecule has 2 nitrogen and oxygen atoms in total. The first-order valence-electron chi connectivity index (χ1n) is 6.81. The predicted octanol–water partition coefficient (Wildman–Crippen LogP) is 2.61. The summed E-state index contributed by atoms with van der Waals surface area (Å²) in [6.07, 6.45) is 6.10. The lowest BCUT2D eigenvalue weighted by Crippen LogP contribution is -2.24. The van der Waals surface area contributed by atoms with Crippen LogP contribution in [0.25, 0.3) is 0 Å². The molecule has 2 aliphatic rings. The topological polar surface area (TPSA) is 21.3 Å². The van der Waals surface area contributed by atoms with E-state index in [0.717, 1.165) is 19.4 Å². The van der Waals surface area contributed by atoms with Gasteiger partial charge in [-0.2, -0.15) is 0 Å². The lowest BCUT2D eigenvalue weighted by molar-refractivity contribution is 0.284. The van der Waals surface area contributed by atoms with Gasteiger partial charge in [-0.15, -0.1) is 0 Å². The highest BCUT2D eigenvalue weighted by molar-refractivity contribution is 5.46. The van der Waals surface area contributed by atoms with E-state index >= 15 is 0 Å². The van der Waals surface area contributed by atoms with Crippen LogP contribution in [0.5, 0.6) is 5.75 Å². The lowest BCUT2D eigenvalue weighted by atomic mass is 9.95. The van der Waals surface area contributed by atoms with Gasteiger partial charge >= 0.3 is 0 Å². The summed E-state index contributed by atoms with van der Waals surface area (Å²) in [6, 6.07) is 5.26. The van der Waals surface area contributed by atoms with E-state index in [9.17, 15) is 0 Å². The maximum absolute atomic E-state index is 5.89. The number of hydrogen-bond acceptors (Lipinski definition) is 2. The Morgan fingerprint density at radius 2 is 2.29 bits per heavy atom. The summed E-state index contributed by atoms with van der Waals surface area (Å²) in [5.74, 6) is 1.19. The minimum atomic E-state index is 0.659. The largest absolute Gasteiger partial charge is 0.493 e. The van der Waals surface area contributed by atoms with Crippen LogP contribution in [-0.4, -0.2) is 19.2 Å². The van der Waals surface area contributed by atoms with Crippen molar-refractivity contribution in [1.82, 2.24) is 5.32 Å². The third-order valence-corrected chi connectivity index (χ3v) is 3.85. The average Bonchev–Trinajstić information content (AvgIpc) is 2.81. The van der Waals surface area contributed by atoms with E-state index in [4.69, 9.17) is 4.74 Å². The Morgan fingerprint density at radius 1 is 1.35 bits per heavy atom. The van der Waals surface area contributed by atoms with Crippen molar-refractivity contribution in [2.45, 2.75) is 45.1 Å². The molecule has 0 radical (unpaired) electrons. The summed E-state index contributed by atoms with van der Waals surface area (Å²) in [4.78, 5) is 0. The third-order valence-electron chi connectivity index (χ3n) is 3.85. The first-order valence-corrected chi connectivity index (χ1v) is 6.81. The maximum atomic E-state index is 5.89. The molecule has 1 unspecified atom stereocenters. The van der Waals surface area contributed by atoms with E-state index in [1.807, 2.05) is 0 Å². The number of ether oxygens (including phenoxy) is 1. The number of aryl methyl sites for hydroxylation is 2. The van der Waals surface area contributed by atoms with Gasteiger partial charge in [-0.25, -0.2) is 0 Å². The molecule has 1 saturated heterocycles. The van der Waals surface area contributed by atoms with E-state index < -0.39 is 0 Å². The van der Waals surface area contributed by atoms with Crippen molar-refractivity contribution in [3.8, 4) is 5.75 Å². The van der Waals surface area contributed by atoms with Crippen LogP contribution in [0.3, 0.4) is 0 Å². The summed E-state index contributed by atoms with van der Waals surface area (Å²) >= 11 is 0. The van der Waals surface area contributed by atoms with Crippen molar-refractivity contribution in [2.75, 3.05) is 13.2 Å². The summed E-state index contributed by atoms with van der Waals surface area (Å²) in [6.45, 7) is 4.27. The Kier molecular flexibility index (Phi) is 3.06. The molecule has 0 aliphatic carbocycles. The highest BCUT2D eigenvalue weighted by Gasteiger charge is 2.20. The van der Waals surface area contributed by atoms with Crippen LogP contribution in [0, 0.1) is 6.92 Å². The van der Waals surface area contributed by atoms with Crippen LogP contribution in [0.15, 0.2) is 12.1 Å². The molecular weight excluding hydrogens is 210 g/mol. The van der Waals surface area contributed by atoms with Crippen LogP contribution in [-0.2, 0) is 12.8 Å². The molecule has 2 heterocycles. The smallest absolute Gasteiger partial charge is 0.125 e. The van der Waals surface area contributed by atoms with Gasteiger partial charge in [-0.3, -0.25) is 0 Å². The van der Waals surface area contributed by atoms with Crippen molar-refractivity contribution in [3.63, 3.8) is 0 Å². The zero-order valence-corrected chi connectivity index (χ0v) is 10.6.